The lowest BCUT2D eigenvalue weighted by Gasteiger charge is -2.28. The minimum Gasteiger partial charge on any atom is -0.393 e. The molecule has 0 bridgehead atoms. The summed E-state index contributed by atoms with van der Waals surface area (Å²) in [6.07, 6.45) is 9.97. The van der Waals surface area contributed by atoms with Crippen LogP contribution in [0.15, 0.2) is 6.20 Å². The fourth-order valence-corrected chi connectivity index (χ4v) is 4.03. The molecule has 2 fully saturated rings. The molecule has 0 aromatic carbocycles. The first kappa shape index (κ1) is 19.8. The SMILES string of the molecule is CO[C@H]1CC[C@H](Nc2ncc(C(N)=O)c(N[C@H]3CCCC[C@H](O)C3)n2)CC1. The highest BCUT2D eigenvalue weighted by atomic mass is 16.5. The Kier molecular flexibility index (Phi) is 6.84. The molecular weight excluding hydrogens is 346 g/mol. The maximum atomic E-state index is 11.8. The van der Waals surface area contributed by atoms with Crippen LogP contribution >= 0.6 is 0 Å². The van der Waals surface area contributed by atoms with Gasteiger partial charge >= 0.3 is 0 Å². The number of hydrogen-bond acceptors (Lipinski definition) is 7. The number of aromatic nitrogens is 2. The number of nitrogens with two attached hydrogens (primary N) is 1. The van der Waals surface area contributed by atoms with Gasteiger partial charge in [0.15, 0.2) is 0 Å². The molecule has 27 heavy (non-hydrogen) atoms. The summed E-state index contributed by atoms with van der Waals surface area (Å²) < 4.78 is 5.41. The number of anilines is 2. The third-order valence-corrected chi connectivity index (χ3v) is 5.63. The van der Waals surface area contributed by atoms with E-state index in [0.29, 0.717) is 30.3 Å². The van der Waals surface area contributed by atoms with Crippen molar-refractivity contribution in [2.75, 3.05) is 17.7 Å². The van der Waals surface area contributed by atoms with Crippen molar-refractivity contribution in [1.82, 2.24) is 9.97 Å². The van der Waals surface area contributed by atoms with E-state index < -0.39 is 5.91 Å². The van der Waals surface area contributed by atoms with Crippen molar-refractivity contribution in [2.45, 2.75) is 82.1 Å². The molecule has 2 aliphatic rings. The second-order valence-corrected chi connectivity index (χ2v) is 7.69. The predicted molar refractivity (Wildman–Crippen MR) is 104 cm³/mol. The second kappa shape index (κ2) is 9.32. The van der Waals surface area contributed by atoms with Gasteiger partial charge in [0.05, 0.1) is 17.8 Å². The Morgan fingerprint density at radius 2 is 1.89 bits per heavy atom. The van der Waals surface area contributed by atoms with E-state index in [2.05, 4.69) is 20.6 Å². The summed E-state index contributed by atoms with van der Waals surface area (Å²) in [7, 11) is 1.76. The Bertz CT molecular complexity index is 634. The lowest BCUT2D eigenvalue weighted by atomic mass is 9.93. The molecule has 0 saturated heterocycles. The zero-order valence-corrected chi connectivity index (χ0v) is 16.0. The number of carbonyl (C=O) groups excluding carboxylic acids is 1. The van der Waals surface area contributed by atoms with E-state index in [4.69, 9.17) is 10.5 Å². The van der Waals surface area contributed by atoms with Crippen molar-refractivity contribution in [3.8, 4) is 0 Å². The van der Waals surface area contributed by atoms with Crippen LogP contribution in [0.4, 0.5) is 11.8 Å². The van der Waals surface area contributed by atoms with Crippen LogP contribution in [-0.4, -0.2) is 52.4 Å². The Morgan fingerprint density at radius 1 is 1.15 bits per heavy atom. The van der Waals surface area contributed by atoms with Crippen LogP contribution in [0.2, 0.25) is 0 Å². The zero-order valence-electron chi connectivity index (χ0n) is 16.0. The van der Waals surface area contributed by atoms with Gasteiger partial charge in [-0.15, -0.1) is 0 Å². The van der Waals surface area contributed by atoms with Crippen molar-refractivity contribution >= 4 is 17.7 Å². The number of carbonyl (C=O) groups is 1. The number of methoxy groups -OCH3 is 1. The lowest BCUT2D eigenvalue weighted by molar-refractivity contribution is 0.0681. The number of primary amides is 1. The van der Waals surface area contributed by atoms with E-state index in [1.165, 1.54) is 6.20 Å². The lowest BCUT2D eigenvalue weighted by Crippen LogP contribution is -2.30. The predicted octanol–water partition coefficient (Wildman–Crippen LogP) is 2.05. The van der Waals surface area contributed by atoms with Gasteiger partial charge in [0.25, 0.3) is 5.91 Å². The van der Waals surface area contributed by atoms with Gasteiger partial charge in [-0.1, -0.05) is 12.8 Å². The number of aliphatic hydroxyl groups is 1. The van der Waals surface area contributed by atoms with Gasteiger partial charge in [0, 0.05) is 25.4 Å². The highest BCUT2D eigenvalue weighted by Crippen LogP contribution is 2.25. The average Bonchev–Trinajstić information content (AvgIpc) is 2.86. The fraction of sp³-hybridized carbons (Fsp3) is 0.737. The molecule has 150 valence electrons. The molecule has 1 heterocycles. The molecule has 3 rings (SSSR count). The summed E-state index contributed by atoms with van der Waals surface area (Å²) in [5.74, 6) is 0.390. The molecule has 0 spiro atoms. The first-order chi connectivity index (χ1) is 13.0. The second-order valence-electron chi connectivity index (χ2n) is 7.69. The molecule has 0 aliphatic heterocycles. The smallest absolute Gasteiger partial charge is 0.254 e. The van der Waals surface area contributed by atoms with Gasteiger partial charge < -0.3 is 26.2 Å². The summed E-state index contributed by atoms with van der Waals surface area (Å²) in [5.41, 5.74) is 5.78. The van der Waals surface area contributed by atoms with Gasteiger partial charge in [0.2, 0.25) is 5.95 Å². The van der Waals surface area contributed by atoms with E-state index in [1.807, 2.05) is 0 Å². The fourth-order valence-electron chi connectivity index (χ4n) is 4.03. The number of ether oxygens (including phenoxy) is 1. The molecule has 2 saturated carbocycles. The quantitative estimate of drug-likeness (QED) is 0.560. The maximum Gasteiger partial charge on any atom is 0.254 e. The van der Waals surface area contributed by atoms with Crippen LogP contribution in [0.5, 0.6) is 0 Å². The number of nitrogens with one attached hydrogen (secondary N) is 2. The molecule has 1 amide bonds. The Hall–Kier alpha value is -1.93. The maximum absolute atomic E-state index is 11.8. The zero-order chi connectivity index (χ0) is 19.2. The molecule has 8 heteroatoms. The van der Waals surface area contributed by atoms with E-state index >= 15 is 0 Å². The normalized spacial score (nSPS) is 29.0. The third-order valence-electron chi connectivity index (χ3n) is 5.63. The van der Waals surface area contributed by atoms with Gasteiger partial charge in [-0.05, 0) is 44.9 Å². The van der Waals surface area contributed by atoms with Crippen molar-refractivity contribution in [1.29, 1.82) is 0 Å². The largest absolute Gasteiger partial charge is 0.393 e. The molecule has 0 radical (unpaired) electrons. The summed E-state index contributed by atoms with van der Waals surface area (Å²) in [5, 5.41) is 16.7. The molecule has 1 aromatic heterocycles. The Morgan fingerprint density at radius 3 is 2.59 bits per heavy atom. The van der Waals surface area contributed by atoms with Crippen LogP contribution in [0.25, 0.3) is 0 Å². The molecule has 2 aliphatic carbocycles. The van der Waals surface area contributed by atoms with Gasteiger partial charge in [0.1, 0.15) is 5.82 Å². The Labute approximate surface area is 160 Å². The number of nitrogens with zero attached hydrogens (tertiary/aromatic N) is 2. The first-order valence-corrected chi connectivity index (χ1v) is 9.96. The Balaban J connectivity index is 1.69. The van der Waals surface area contributed by atoms with Crippen LogP contribution in [0, 0.1) is 0 Å². The van der Waals surface area contributed by atoms with Crippen molar-refractivity contribution < 1.29 is 14.6 Å². The first-order valence-electron chi connectivity index (χ1n) is 9.96. The van der Waals surface area contributed by atoms with Crippen molar-refractivity contribution in [3.63, 3.8) is 0 Å². The van der Waals surface area contributed by atoms with Gasteiger partial charge in [-0.3, -0.25) is 4.79 Å². The molecule has 8 nitrogen and oxygen atoms in total. The number of rotatable bonds is 6. The van der Waals surface area contributed by atoms with Crippen LogP contribution in [-0.2, 0) is 4.74 Å². The summed E-state index contributed by atoms with van der Waals surface area (Å²) >= 11 is 0. The number of aliphatic hydroxyl groups excluding tert-OH is 1. The van der Waals surface area contributed by atoms with Crippen LogP contribution < -0.4 is 16.4 Å². The number of amides is 1. The average molecular weight is 377 g/mol. The molecule has 2 atom stereocenters. The molecule has 5 N–H and O–H groups in total. The van der Waals surface area contributed by atoms with Gasteiger partial charge in [-0.2, -0.15) is 4.98 Å². The van der Waals surface area contributed by atoms with E-state index in [0.717, 1.165) is 51.4 Å². The monoisotopic (exact) mass is 377 g/mol. The molecular formula is C19H31N5O3. The van der Waals surface area contributed by atoms with Gasteiger partial charge in [-0.25, -0.2) is 4.98 Å². The summed E-state index contributed by atoms with van der Waals surface area (Å²) in [6.45, 7) is 0. The van der Waals surface area contributed by atoms with Crippen LogP contribution in [0.3, 0.4) is 0 Å². The minimum atomic E-state index is -0.557. The summed E-state index contributed by atoms with van der Waals surface area (Å²) in [6, 6.07) is 0.365. The van der Waals surface area contributed by atoms with E-state index in [9.17, 15) is 9.90 Å². The highest BCUT2D eigenvalue weighted by Gasteiger charge is 2.24. The van der Waals surface area contributed by atoms with Crippen LogP contribution in [0.1, 0.15) is 68.1 Å². The van der Waals surface area contributed by atoms with Crippen molar-refractivity contribution in [3.05, 3.63) is 11.8 Å². The number of hydrogen-bond donors (Lipinski definition) is 4. The highest BCUT2D eigenvalue weighted by molar-refractivity contribution is 5.97. The minimum absolute atomic E-state index is 0.0699. The standard InChI is InChI=1S/C19H31N5O3/c1-27-15-8-6-12(7-9-15)23-19-21-11-16(17(20)26)18(24-19)22-13-4-2-3-5-14(25)10-13/h11-15,25H,2-10H2,1H3,(H2,20,26)(H2,21,22,23,24)/t12-,13-,14-,15-/m0/s1. The molecule has 1 aromatic rings. The molecule has 0 unspecified atom stereocenters. The van der Waals surface area contributed by atoms with Crippen molar-refractivity contribution in [2.24, 2.45) is 5.73 Å². The topological polar surface area (TPSA) is 122 Å². The van der Waals surface area contributed by atoms with E-state index in [-0.39, 0.29) is 17.7 Å². The third kappa shape index (κ3) is 5.52. The van der Waals surface area contributed by atoms with E-state index in [1.54, 1.807) is 7.11 Å². The summed E-state index contributed by atoms with van der Waals surface area (Å²) in [4.78, 5) is 20.6.